The minimum Gasteiger partial charge on any atom is -0.379 e. The van der Waals surface area contributed by atoms with Crippen molar-refractivity contribution in [2.75, 3.05) is 32.1 Å². The average Bonchev–Trinajstić information content (AvgIpc) is 3.10. The summed E-state index contributed by atoms with van der Waals surface area (Å²) in [5.41, 5.74) is 0.641. The van der Waals surface area contributed by atoms with Gasteiger partial charge in [-0.1, -0.05) is 30.0 Å². The Morgan fingerprint density at radius 3 is 2.81 bits per heavy atom. The quantitative estimate of drug-likeness (QED) is 0.511. The van der Waals surface area contributed by atoms with Gasteiger partial charge >= 0.3 is 0 Å². The molecule has 0 bridgehead atoms. The molecule has 8 nitrogen and oxygen atoms in total. The Kier molecular flexibility index (Phi) is 6.28. The van der Waals surface area contributed by atoms with E-state index in [1.165, 1.54) is 16.1 Å². The van der Waals surface area contributed by atoms with Gasteiger partial charge in [0.05, 0.1) is 29.9 Å². The molecule has 1 aromatic carbocycles. The van der Waals surface area contributed by atoms with E-state index in [4.69, 9.17) is 10.00 Å². The van der Waals surface area contributed by atoms with Crippen LogP contribution < -0.4 is 0 Å². The van der Waals surface area contributed by atoms with E-state index in [1.54, 1.807) is 30.3 Å². The molecule has 142 valence electrons. The summed E-state index contributed by atoms with van der Waals surface area (Å²) >= 11 is 1.28. The number of sulfonamides is 1. The molecule has 0 radical (unpaired) electrons. The number of thioether (sulfide) groups is 1. The molecule has 0 aliphatic carbocycles. The molecule has 1 aliphatic rings. The molecule has 1 aliphatic heterocycles. The van der Waals surface area contributed by atoms with Gasteiger partial charge < -0.3 is 4.74 Å². The van der Waals surface area contributed by atoms with E-state index in [0.717, 1.165) is 0 Å². The molecule has 2 aromatic rings. The highest BCUT2D eigenvalue weighted by molar-refractivity contribution is 7.99. The van der Waals surface area contributed by atoms with Crippen LogP contribution in [0.25, 0.3) is 11.4 Å². The number of hydrogen-bond donors (Lipinski definition) is 0. The zero-order valence-corrected chi connectivity index (χ0v) is 16.2. The van der Waals surface area contributed by atoms with E-state index in [-0.39, 0.29) is 10.6 Å². The number of nitriles is 1. The Labute approximate surface area is 162 Å². The Morgan fingerprint density at radius 2 is 2.11 bits per heavy atom. The maximum Gasteiger partial charge on any atom is 0.243 e. The third-order valence-electron chi connectivity index (χ3n) is 3.99. The second-order valence-electron chi connectivity index (χ2n) is 5.70. The molecule has 1 fully saturated rings. The van der Waals surface area contributed by atoms with Crippen molar-refractivity contribution in [1.29, 1.82) is 5.26 Å². The van der Waals surface area contributed by atoms with Crippen molar-refractivity contribution < 1.29 is 13.2 Å². The van der Waals surface area contributed by atoms with E-state index < -0.39 is 10.0 Å². The number of allylic oxidation sites excluding steroid dienone is 1. The molecule has 0 atom stereocenters. The fraction of sp³-hybridized carbons (Fsp3) is 0.353. The highest BCUT2D eigenvalue weighted by atomic mass is 32.2. The number of hydrogen-bond acceptors (Lipinski definition) is 7. The molecule has 3 rings (SSSR count). The van der Waals surface area contributed by atoms with Gasteiger partial charge in [-0.25, -0.2) is 8.42 Å². The molecular formula is C17H19N5O3S2. The van der Waals surface area contributed by atoms with Crippen LogP contribution >= 0.6 is 11.8 Å². The first-order valence-corrected chi connectivity index (χ1v) is 10.7. The van der Waals surface area contributed by atoms with Crippen molar-refractivity contribution >= 4 is 21.8 Å². The van der Waals surface area contributed by atoms with E-state index in [2.05, 4.69) is 22.8 Å². The molecule has 2 heterocycles. The first-order valence-electron chi connectivity index (χ1n) is 8.30. The van der Waals surface area contributed by atoms with Gasteiger partial charge in [0.1, 0.15) is 0 Å². The fourth-order valence-corrected chi connectivity index (χ4v) is 4.79. The van der Waals surface area contributed by atoms with Crippen LogP contribution in [0.4, 0.5) is 0 Å². The van der Waals surface area contributed by atoms with Crippen LogP contribution in [0, 0.1) is 11.3 Å². The molecular weight excluding hydrogens is 386 g/mol. The van der Waals surface area contributed by atoms with Gasteiger partial charge in [-0.2, -0.15) is 9.57 Å². The predicted octanol–water partition coefficient (Wildman–Crippen LogP) is 1.77. The van der Waals surface area contributed by atoms with Crippen molar-refractivity contribution in [3.63, 3.8) is 0 Å². The zero-order valence-electron chi connectivity index (χ0n) is 14.6. The van der Waals surface area contributed by atoms with Crippen LogP contribution in [0.2, 0.25) is 0 Å². The van der Waals surface area contributed by atoms with E-state index in [1.807, 2.05) is 4.57 Å². The van der Waals surface area contributed by atoms with E-state index in [9.17, 15) is 8.42 Å². The third kappa shape index (κ3) is 4.22. The second-order valence-corrected chi connectivity index (χ2v) is 8.58. The number of benzene rings is 1. The Hall–Kier alpha value is -2.19. The summed E-state index contributed by atoms with van der Waals surface area (Å²) in [5.74, 6) is 0.787. The molecule has 27 heavy (non-hydrogen) atoms. The summed E-state index contributed by atoms with van der Waals surface area (Å²) in [6, 6.07) is 8.73. The van der Waals surface area contributed by atoms with Gasteiger partial charge in [0.2, 0.25) is 10.0 Å². The molecule has 1 aromatic heterocycles. The van der Waals surface area contributed by atoms with E-state index in [0.29, 0.717) is 49.4 Å². The topological polar surface area (TPSA) is 101 Å². The smallest absolute Gasteiger partial charge is 0.243 e. The summed E-state index contributed by atoms with van der Waals surface area (Å²) in [6.07, 6.45) is 1.71. The van der Waals surface area contributed by atoms with Gasteiger partial charge in [0.15, 0.2) is 11.0 Å². The third-order valence-corrected chi connectivity index (χ3v) is 6.72. The highest BCUT2D eigenvalue weighted by Gasteiger charge is 2.27. The minimum atomic E-state index is -3.60. The lowest BCUT2D eigenvalue weighted by Gasteiger charge is -2.26. The first-order chi connectivity index (χ1) is 13.1. The number of rotatable bonds is 7. The van der Waals surface area contributed by atoms with Crippen LogP contribution in [0.1, 0.15) is 0 Å². The fourth-order valence-electron chi connectivity index (χ4n) is 2.73. The molecule has 0 saturated carbocycles. The van der Waals surface area contributed by atoms with E-state index >= 15 is 0 Å². The largest absolute Gasteiger partial charge is 0.379 e. The SMILES string of the molecule is C=CCn1c(SCC#N)nnc1-c1cccc(S(=O)(=O)N2CCOCC2)c1. The van der Waals surface area contributed by atoms with Crippen molar-refractivity contribution in [2.45, 2.75) is 16.6 Å². The normalized spacial score (nSPS) is 15.4. The van der Waals surface area contributed by atoms with Crippen molar-refractivity contribution in [3.05, 3.63) is 36.9 Å². The lowest BCUT2D eigenvalue weighted by molar-refractivity contribution is 0.0730. The monoisotopic (exact) mass is 405 g/mol. The summed E-state index contributed by atoms with van der Waals surface area (Å²) in [7, 11) is -3.60. The summed E-state index contributed by atoms with van der Waals surface area (Å²) < 4.78 is 34.3. The highest BCUT2D eigenvalue weighted by Crippen LogP contribution is 2.27. The maximum absolute atomic E-state index is 12.9. The Balaban J connectivity index is 1.97. The maximum atomic E-state index is 12.9. The summed E-state index contributed by atoms with van der Waals surface area (Å²) in [4.78, 5) is 0.210. The molecule has 1 saturated heterocycles. The number of morpholine rings is 1. The van der Waals surface area contributed by atoms with Gasteiger partial charge in [0.25, 0.3) is 0 Å². The lowest BCUT2D eigenvalue weighted by Crippen LogP contribution is -2.40. The van der Waals surface area contributed by atoms with Crippen LogP contribution in [-0.4, -0.2) is 59.5 Å². The molecule has 0 unspecified atom stereocenters. The zero-order chi connectivity index (χ0) is 19.3. The van der Waals surface area contributed by atoms with Crippen LogP contribution in [0.15, 0.2) is 47.0 Å². The number of aromatic nitrogens is 3. The van der Waals surface area contributed by atoms with Crippen LogP contribution in [0.5, 0.6) is 0 Å². The van der Waals surface area contributed by atoms with Gasteiger partial charge in [-0.15, -0.1) is 16.8 Å². The molecule has 0 spiro atoms. The summed E-state index contributed by atoms with van der Waals surface area (Å²) in [5, 5.41) is 17.7. The second kappa shape index (κ2) is 8.67. The standard InChI is InChI=1S/C17H19N5O3S2/c1-2-7-22-16(19-20-17(22)26-12-6-18)14-4-3-5-15(13-14)27(23,24)21-8-10-25-11-9-21/h2-5,13H,1,7-12H2. The molecule has 0 N–H and O–H groups in total. The number of ether oxygens (including phenoxy) is 1. The van der Waals surface area contributed by atoms with Gasteiger partial charge in [-0.05, 0) is 12.1 Å². The van der Waals surface area contributed by atoms with Crippen molar-refractivity contribution in [1.82, 2.24) is 19.1 Å². The predicted molar refractivity (Wildman–Crippen MR) is 102 cm³/mol. The summed E-state index contributed by atoms with van der Waals surface area (Å²) in [6.45, 7) is 5.67. The van der Waals surface area contributed by atoms with Crippen molar-refractivity contribution in [2.24, 2.45) is 0 Å². The molecule has 0 amide bonds. The van der Waals surface area contributed by atoms with Gasteiger partial charge in [-0.3, -0.25) is 4.57 Å². The van der Waals surface area contributed by atoms with Crippen molar-refractivity contribution in [3.8, 4) is 17.5 Å². The lowest BCUT2D eigenvalue weighted by atomic mass is 10.2. The van der Waals surface area contributed by atoms with Gasteiger partial charge in [0, 0.05) is 25.2 Å². The molecule has 10 heteroatoms. The van der Waals surface area contributed by atoms with Crippen LogP contribution in [-0.2, 0) is 21.3 Å². The first kappa shape index (κ1) is 19.6. The van der Waals surface area contributed by atoms with Crippen LogP contribution in [0.3, 0.4) is 0 Å². The minimum absolute atomic E-state index is 0.210. The Morgan fingerprint density at radius 1 is 1.33 bits per heavy atom. The average molecular weight is 406 g/mol. The Bertz CT molecular complexity index is 959. The number of nitrogens with zero attached hydrogens (tertiary/aromatic N) is 5.